The zero-order chi connectivity index (χ0) is 27.5. The third-order valence-corrected chi connectivity index (χ3v) is 4.33. The number of nitrogens with zero attached hydrogens (tertiary/aromatic N) is 1. The van der Waals surface area contributed by atoms with E-state index in [0.29, 0.717) is 11.2 Å². The molecule has 6 N–H and O–H groups in total. The van der Waals surface area contributed by atoms with Gasteiger partial charge in [0.1, 0.15) is 5.75 Å². The summed E-state index contributed by atoms with van der Waals surface area (Å²) in [6, 6.07) is 15.4. The Kier molecular flexibility index (Phi) is 12.1. The molecule has 0 fully saturated rings. The molecule has 0 aliphatic carbocycles. The number of alkyl halides is 3. The largest absolute Gasteiger partial charge is 0.497 e. The molecule has 190 valence electrons. The van der Waals surface area contributed by atoms with Crippen LogP contribution >= 0.6 is 0 Å². The van der Waals surface area contributed by atoms with Crippen molar-refractivity contribution in [2.75, 3.05) is 7.11 Å². The van der Waals surface area contributed by atoms with Crippen molar-refractivity contribution < 1.29 is 53.0 Å². The Hall–Kier alpha value is -3.40. The van der Waals surface area contributed by atoms with Crippen LogP contribution in [0, 0.1) is 10.1 Å². The Morgan fingerprint density at radius 3 is 1.56 bits per heavy atom. The van der Waals surface area contributed by atoms with Crippen LogP contribution in [0.25, 0.3) is 0 Å². The summed E-state index contributed by atoms with van der Waals surface area (Å²) in [5.74, 6) is 0.703. The van der Waals surface area contributed by atoms with Crippen molar-refractivity contribution in [2.24, 2.45) is 0 Å². The molecule has 0 amide bonds. The Labute approximate surface area is 204 Å². The summed E-state index contributed by atoms with van der Waals surface area (Å²) in [5.41, 5.74) is -0.347. The molecule has 0 bridgehead atoms. The number of benzene rings is 3. The second kappa shape index (κ2) is 14.2. The van der Waals surface area contributed by atoms with Crippen LogP contribution in [0.15, 0.2) is 72.8 Å². The van der Waals surface area contributed by atoms with E-state index in [1.54, 1.807) is 31.4 Å². The molecule has 0 aromatic heterocycles. The van der Waals surface area contributed by atoms with Gasteiger partial charge in [-0.25, -0.2) is 0 Å². The number of nitro benzene ring substituents is 1. The maximum Gasteiger partial charge on any atom is 0.488 e. The number of methoxy groups -OCH3 is 1. The molecule has 0 spiro atoms. The minimum Gasteiger partial charge on any atom is -0.497 e. The average molecular weight is 509 g/mol. The van der Waals surface area contributed by atoms with Gasteiger partial charge in [-0.15, -0.1) is 0 Å². The lowest BCUT2D eigenvalue weighted by Crippen LogP contribution is -2.29. The number of hydrogen-bond acceptors (Lipinski definition) is 9. The van der Waals surface area contributed by atoms with Crippen molar-refractivity contribution >= 4 is 43.4 Å². The summed E-state index contributed by atoms with van der Waals surface area (Å²) < 4.78 is 40.9. The van der Waals surface area contributed by atoms with E-state index in [2.05, 4.69) is 0 Å². The van der Waals surface area contributed by atoms with Crippen molar-refractivity contribution in [1.29, 1.82) is 0 Å². The summed E-state index contributed by atoms with van der Waals surface area (Å²) in [4.78, 5) is 9.63. The SMILES string of the molecule is COc1ccc(B(O)O)cc1.O=[N+]([O-])c1cccc(B(O)O)c1.OB(O)c1ccc(C(F)(F)F)cc1. The molecule has 10 nitrogen and oxygen atoms in total. The lowest BCUT2D eigenvalue weighted by molar-refractivity contribution is -0.384. The molecule has 0 unspecified atom stereocenters. The van der Waals surface area contributed by atoms with Gasteiger partial charge in [0.15, 0.2) is 0 Å². The Morgan fingerprint density at radius 2 is 1.19 bits per heavy atom. The first kappa shape index (κ1) is 30.6. The van der Waals surface area contributed by atoms with E-state index in [9.17, 15) is 23.3 Å². The number of halogens is 3. The molecule has 0 aliphatic rings. The Bertz CT molecular complexity index is 1080. The molecule has 0 saturated carbocycles. The van der Waals surface area contributed by atoms with Crippen LogP contribution in [0.3, 0.4) is 0 Å². The van der Waals surface area contributed by atoms with Crippen molar-refractivity contribution in [3.05, 3.63) is 88.5 Å². The monoisotopic (exact) mass is 509 g/mol. The number of ether oxygens (including phenoxy) is 1. The highest BCUT2D eigenvalue weighted by Gasteiger charge is 2.30. The van der Waals surface area contributed by atoms with Crippen molar-refractivity contribution in [2.45, 2.75) is 6.18 Å². The predicted octanol–water partition coefficient (Wildman–Crippen LogP) is -0.965. The zero-order valence-electron chi connectivity index (χ0n) is 18.6. The van der Waals surface area contributed by atoms with Crippen LogP contribution in [0.4, 0.5) is 18.9 Å². The van der Waals surface area contributed by atoms with Crippen molar-refractivity contribution in [1.82, 2.24) is 0 Å². The van der Waals surface area contributed by atoms with E-state index >= 15 is 0 Å². The van der Waals surface area contributed by atoms with Gasteiger partial charge in [-0.1, -0.05) is 48.5 Å². The molecule has 0 aliphatic heterocycles. The smallest absolute Gasteiger partial charge is 0.488 e. The fourth-order valence-corrected chi connectivity index (χ4v) is 2.42. The first-order chi connectivity index (χ1) is 16.8. The maximum absolute atomic E-state index is 12.0. The number of non-ortho nitro benzene ring substituents is 1. The molecule has 0 atom stereocenters. The van der Waals surface area contributed by atoms with Crippen LogP contribution in [-0.4, -0.2) is 63.5 Å². The highest BCUT2D eigenvalue weighted by Crippen LogP contribution is 2.28. The van der Waals surface area contributed by atoms with E-state index in [1.807, 2.05) is 0 Å². The van der Waals surface area contributed by atoms with Gasteiger partial charge in [0, 0.05) is 12.1 Å². The van der Waals surface area contributed by atoms with Gasteiger partial charge < -0.3 is 34.9 Å². The first-order valence-electron chi connectivity index (χ1n) is 9.90. The Morgan fingerprint density at radius 1 is 0.750 bits per heavy atom. The molecule has 3 rings (SSSR count). The number of hydrogen-bond donors (Lipinski definition) is 6. The third kappa shape index (κ3) is 10.5. The van der Waals surface area contributed by atoms with Gasteiger partial charge in [-0.05, 0) is 28.5 Å². The van der Waals surface area contributed by atoms with Crippen LogP contribution < -0.4 is 21.1 Å². The van der Waals surface area contributed by atoms with E-state index in [1.165, 1.54) is 18.2 Å². The topological polar surface area (TPSA) is 174 Å². The summed E-state index contributed by atoms with van der Waals surface area (Å²) in [5, 5.41) is 62.1. The zero-order valence-corrected chi connectivity index (χ0v) is 18.6. The predicted molar refractivity (Wildman–Crippen MR) is 127 cm³/mol. The minimum atomic E-state index is -4.39. The van der Waals surface area contributed by atoms with Gasteiger partial charge in [-0.3, -0.25) is 10.1 Å². The summed E-state index contributed by atoms with van der Waals surface area (Å²) in [6.07, 6.45) is -4.39. The second-order valence-electron chi connectivity index (χ2n) is 6.87. The molecule has 16 heteroatoms. The van der Waals surface area contributed by atoms with E-state index in [4.69, 9.17) is 34.9 Å². The molecule has 3 aromatic carbocycles. The average Bonchev–Trinajstić information content (AvgIpc) is 2.84. The number of nitro groups is 1. The number of rotatable bonds is 5. The standard InChI is InChI=1S/C7H6BF3O2.C7H9BO3.C6H6BNO4/c9-7(10,11)5-1-3-6(4-2-5)8(12)13;1-11-7-4-2-6(3-5-7)8(9)10;9-7(10)5-2-1-3-6(4-5)8(11)12/h1-4,12-13H;2-5,9-10H,1H3;1-4,9-10H. The third-order valence-electron chi connectivity index (χ3n) is 4.33. The second-order valence-corrected chi connectivity index (χ2v) is 6.87. The molecular formula is C20H21B3F3NO9. The van der Waals surface area contributed by atoms with Crippen molar-refractivity contribution in [3.63, 3.8) is 0 Å². The van der Waals surface area contributed by atoms with Crippen LogP contribution in [0.1, 0.15) is 5.56 Å². The van der Waals surface area contributed by atoms with E-state index in [0.717, 1.165) is 30.3 Å². The normalized spacial score (nSPS) is 10.2. The summed E-state index contributed by atoms with van der Waals surface area (Å²) >= 11 is 0. The van der Waals surface area contributed by atoms with Gasteiger partial charge in [-0.2, -0.15) is 13.2 Å². The lowest BCUT2D eigenvalue weighted by atomic mass is 9.80. The van der Waals surface area contributed by atoms with Gasteiger partial charge in [0.25, 0.3) is 5.69 Å². The highest BCUT2D eigenvalue weighted by molar-refractivity contribution is 6.59. The van der Waals surface area contributed by atoms with Crippen LogP contribution in [-0.2, 0) is 6.18 Å². The lowest BCUT2D eigenvalue weighted by Gasteiger charge is -2.06. The Balaban J connectivity index is 0.000000271. The van der Waals surface area contributed by atoms with Gasteiger partial charge in [0.05, 0.1) is 17.6 Å². The first-order valence-corrected chi connectivity index (χ1v) is 9.90. The fraction of sp³-hybridized carbons (Fsp3) is 0.100. The maximum atomic E-state index is 12.0. The fourth-order valence-electron chi connectivity index (χ4n) is 2.42. The molecule has 3 aromatic rings. The van der Waals surface area contributed by atoms with E-state index < -0.39 is 38.0 Å². The highest BCUT2D eigenvalue weighted by atomic mass is 19.4. The molecule has 0 heterocycles. The van der Waals surface area contributed by atoms with Crippen molar-refractivity contribution in [3.8, 4) is 5.75 Å². The minimum absolute atomic E-state index is 0.0352. The molecule has 0 radical (unpaired) electrons. The van der Waals surface area contributed by atoms with E-state index in [-0.39, 0.29) is 16.6 Å². The molecule has 36 heavy (non-hydrogen) atoms. The molecule has 0 saturated heterocycles. The summed E-state index contributed by atoms with van der Waals surface area (Å²) in [7, 11) is -3.24. The van der Waals surface area contributed by atoms with Crippen LogP contribution in [0.5, 0.6) is 5.75 Å². The quantitative estimate of drug-likeness (QED) is 0.144. The van der Waals surface area contributed by atoms with Gasteiger partial charge in [0.2, 0.25) is 0 Å². The molecular weight excluding hydrogens is 488 g/mol. The summed E-state index contributed by atoms with van der Waals surface area (Å²) in [6.45, 7) is 0. The van der Waals surface area contributed by atoms with Crippen LogP contribution in [0.2, 0.25) is 0 Å². The van der Waals surface area contributed by atoms with Gasteiger partial charge >= 0.3 is 27.5 Å².